The summed E-state index contributed by atoms with van der Waals surface area (Å²) in [5.41, 5.74) is -0.204. The molecular formula is C7H14BrClO. The van der Waals surface area contributed by atoms with Gasteiger partial charge in [-0.2, -0.15) is 0 Å². The molecule has 0 heterocycles. The summed E-state index contributed by atoms with van der Waals surface area (Å²) in [5.74, 6) is 0.508. The third kappa shape index (κ3) is 3.79. The number of hydrogen-bond donors (Lipinski definition) is 0. The van der Waals surface area contributed by atoms with Crippen LogP contribution in [0.3, 0.4) is 0 Å². The summed E-state index contributed by atoms with van der Waals surface area (Å²) in [6.45, 7) is 6.82. The van der Waals surface area contributed by atoms with Crippen molar-refractivity contribution in [2.45, 2.75) is 31.2 Å². The zero-order chi connectivity index (χ0) is 8.15. The predicted octanol–water partition coefficient (Wildman–Crippen LogP) is 3.01. The highest BCUT2D eigenvalue weighted by molar-refractivity contribution is 9.09. The summed E-state index contributed by atoms with van der Waals surface area (Å²) < 4.78 is 5.18. The largest absolute Gasteiger partial charge is 0.362 e. The molecule has 1 nitrogen and oxygen atoms in total. The summed E-state index contributed by atoms with van der Waals surface area (Å²) in [7, 11) is 0. The SMILES string of the molecule is CCOC(Cl)C(Br)C(C)C. The maximum absolute atomic E-state index is 5.86. The quantitative estimate of drug-likeness (QED) is 0.674. The zero-order valence-electron chi connectivity index (χ0n) is 6.60. The van der Waals surface area contributed by atoms with E-state index in [0.29, 0.717) is 12.5 Å². The van der Waals surface area contributed by atoms with Crippen molar-refractivity contribution >= 4 is 27.5 Å². The Balaban J connectivity index is 3.58. The molecular weight excluding hydrogens is 215 g/mol. The maximum Gasteiger partial charge on any atom is 0.143 e. The van der Waals surface area contributed by atoms with Crippen LogP contribution in [0.5, 0.6) is 0 Å². The van der Waals surface area contributed by atoms with Gasteiger partial charge in [0.1, 0.15) is 5.56 Å². The normalized spacial score (nSPS) is 17.4. The van der Waals surface area contributed by atoms with Gasteiger partial charge in [-0.15, -0.1) is 0 Å². The van der Waals surface area contributed by atoms with Crippen molar-refractivity contribution < 1.29 is 4.74 Å². The Morgan fingerprint density at radius 1 is 1.50 bits per heavy atom. The highest BCUT2D eigenvalue weighted by atomic mass is 79.9. The van der Waals surface area contributed by atoms with E-state index in [0.717, 1.165) is 0 Å². The molecule has 10 heavy (non-hydrogen) atoms. The van der Waals surface area contributed by atoms with Crippen LogP contribution in [0.4, 0.5) is 0 Å². The Hall–Kier alpha value is 0.730. The molecule has 0 saturated carbocycles. The van der Waals surface area contributed by atoms with Gasteiger partial charge in [0.15, 0.2) is 0 Å². The Labute approximate surface area is 76.2 Å². The first kappa shape index (κ1) is 10.7. The van der Waals surface area contributed by atoms with E-state index in [1.807, 2.05) is 6.92 Å². The smallest absolute Gasteiger partial charge is 0.143 e. The standard InChI is InChI=1S/C7H14BrClO/c1-4-10-7(9)6(8)5(2)3/h5-7H,4H2,1-3H3. The molecule has 0 aliphatic heterocycles. The van der Waals surface area contributed by atoms with Gasteiger partial charge in [0.2, 0.25) is 0 Å². The number of hydrogen-bond acceptors (Lipinski definition) is 1. The second-order valence-corrected chi connectivity index (χ2v) is 3.98. The van der Waals surface area contributed by atoms with Gasteiger partial charge in [-0.3, -0.25) is 0 Å². The summed E-state index contributed by atoms with van der Waals surface area (Å²) in [6, 6.07) is 0. The molecule has 0 aliphatic rings. The van der Waals surface area contributed by atoms with Crippen LogP contribution in [-0.2, 0) is 4.74 Å². The van der Waals surface area contributed by atoms with Crippen molar-refractivity contribution in [1.82, 2.24) is 0 Å². The average molecular weight is 230 g/mol. The van der Waals surface area contributed by atoms with Crippen LogP contribution < -0.4 is 0 Å². The average Bonchev–Trinajstić information content (AvgIpc) is 1.87. The number of rotatable bonds is 4. The summed E-state index contributed by atoms with van der Waals surface area (Å²) in [5, 5.41) is 0. The van der Waals surface area contributed by atoms with E-state index in [4.69, 9.17) is 16.3 Å². The van der Waals surface area contributed by atoms with Crippen molar-refractivity contribution in [2.24, 2.45) is 5.92 Å². The van der Waals surface area contributed by atoms with Crippen molar-refractivity contribution in [3.05, 3.63) is 0 Å². The molecule has 62 valence electrons. The third-order valence-electron chi connectivity index (χ3n) is 1.21. The van der Waals surface area contributed by atoms with Crippen molar-refractivity contribution in [3.8, 4) is 0 Å². The molecule has 0 amide bonds. The summed E-state index contributed by atoms with van der Waals surface area (Å²) in [6.07, 6.45) is 0. The second kappa shape index (κ2) is 5.39. The highest BCUT2D eigenvalue weighted by Crippen LogP contribution is 2.21. The Bertz CT molecular complexity index is 87.7. The third-order valence-corrected chi connectivity index (χ3v) is 3.45. The van der Waals surface area contributed by atoms with E-state index in [2.05, 4.69) is 29.8 Å². The van der Waals surface area contributed by atoms with Gasteiger partial charge in [0.25, 0.3) is 0 Å². The minimum Gasteiger partial charge on any atom is -0.362 e. The van der Waals surface area contributed by atoms with Crippen LogP contribution in [0, 0.1) is 5.92 Å². The van der Waals surface area contributed by atoms with Gasteiger partial charge >= 0.3 is 0 Å². The molecule has 0 spiro atoms. The Morgan fingerprint density at radius 3 is 2.30 bits per heavy atom. The molecule has 3 heteroatoms. The molecule has 2 atom stereocenters. The number of halogens is 2. The number of alkyl halides is 2. The molecule has 0 radical (unpaired) electrons. The van der Waals surface area contributed by atoms with Crippen LogP contribution in [0.15, 0.2) is 0 Å². The van der Waals surface area contributed by atoms with E-state index in [1.165, 1.54) is 0 Å². The van der Waals surface area contributed by atoms with Crippen LogP contribution >= 0.6 is 27.5 Å². The van der Waals surface area contributed by atoms with Gasteiger partial charge < -0.3 is 4.74 Å². The van der Waals surface area contributed by atoms with Crippen molar-refractivity contribution in [1.29, 1.82) is 0 Å². The van der Waals surface area contributed by atoms with E-state index in [-0.39, 0.29) is 10.4 Å². The molecule has 0 aromatic rings. The molecule has 0 bridgehead atoms. The van der Waals surface area contributed by atoms with E-state index >= 15 is 0 Å². The first-order valence-corrected chi connectivity index (χ1v) is 4.84. The monoisotopic (exact) mass is 228 g/mol. The summed E-state index contributed by atoms with van der Waals surface area (Å²) in [4.78, 5) is 0.245. The van der Waals surface area contributed by atoms with Crippen LogP contribution in [0.1, 0.15) is 20.8 Å². The topological polar surface area (TPSA) is 9.23 Å². The van der Waals surface area contributed by atoms with Gasteiger partial charge in [0.05, 0.1) is 4.83 Å². The predicted molar refractivity (Wildman–Crippen MR) is 48.8 cm³/mol. The van der Waals surface area contributed by atoms with Crippen molar-refractivity contribution in [2.75, 3.05) is 6.61 Å². The fourth-order valence-corrected chi connectivity index (χ4v) is 1.12. The maximum atomic E-state index is 5.86. The molecule has 0 saturated heterocycles. The first-order chi connectivity index (χ1) is 4.59. The lowest BCUT2D eigenvalue weighted by molar-refractivity contribution is 0.111. The van der Waals surface area contributed by atoms with E-state index < -0.39 is 0 Å². The van der Waals surface area contributed by atoms with E-state index in [1.54, 1.807) is 0 Å². The molecule has 0 rings (SSSR count). The molecule has 0 aromatic carbocycles. The molecule has 2 unspecified atom stereocenters. The minimum atomic E-state index is -0.204. The fourth-order valence-electron chi connectivity index (χ4n) is 0.554. The van der Waals surface area contributed by atoms with Gasteiger partial charge in [-0.25, -0.2) is 0 Å². The second-order valence-electron chi connectivity index (χ2n) is 2.49. The molecule has 0 fully saturated rings. The molecule has 0 N–H and O–H groups in total. The summed E-state index contributed by atoms with van der Waals surface area (Å²) >= 11 is 9.31. The number of ether oxygens (including phenoxy) is 1. The van der Waals surface area contributed by atoms with Crippen LogP contribution in [-0.4, -0.2) is 17.0 Å². The van der Waals surface area contributed by atoms with Gasteiger partial charge in [-0.1, -0.05) is 41.4 Å². The molecule has 0 aromatic heterocycles. The van der Waals surface area contributed by atoms with Crippen LogP contribution in [0.2, 0.25) is 0 Å². The van der Waals surface area contributed by atoms with Crippen LogP contribution in [0.25, 0.3) is 0 Å². The lowest BCUT2D eigenvalue weighted by atomic mass is 10.1. The first-order valence-electron chi connectivity index (χ1n) is 3.49. The Kier molecular flexibility index (Phi) is 5.78. The minimum absolute atomic E-state index is 0.204. The van der Waals surface area contributed by atoms with Crippen molar-refractivity contribution in [3.63, 3.8) is 0 Å². The van der Waals surface area contributed by atoms with Gasteiger partial charge in [-0.05, 0) is 12.8 Å². The lowest BCUT2D eigenvalue weighted by Crippen LogP contribution is -2.23. The molecule has 0 aliphatic carbocycles. The van der Waals surface area contributed by atoms with E-state index in [9.17, 15) is 0 Å². The lowest BCUT2D eigenvalue weighted by Gasteiger charge is -2.19. The Morgan fingerprint density at radius 2 is 2.00 bits per heavy atom. The van der Waals surface area contributed by atoms with Gasteiger partial charge in [0, 0.05) is 6.61 Å². The highest BCUT2D eigenvalue weighted by Gasteiger charge is 2.18. The zero-order valence-corrected chi connectivity index (χ0v) is 8.95. The fraction of sp³-hybridized carbons (Fsp3) is 1.00.